The van der Waals surface area contributed by atoms with Gasteiger partial charge in [0.15, 0.2) is 0 Å². The number of carbonyl (C=O) groups excluding carboxylic acids is 2. The van der Waals surface area contributed by atoms with E-state index in [0.29, 0.717) is 31.6 Å². The van der Waals surface area contributed by atoms with Gasteiger partial charge in [0.2, 0.25) is 5.91 Å². The van der Waals surface area contributed by atoms with Crippen LogP contribution in [-0.2, 0) is 9.53 Å². The molecule has 4 rings (SSSR count). The van der Waals surface area contributed by atoms with Crippen molar-refractivity contribution in [2.24, 2.45) is 5.73 Å². The highest BCUT2D eigenvalue weighted by atomic mass is 19.1. The van der Waals surface area contributed by atoms with Crippen molar-refractivity contribution in [1.29, 1.82) is 0 Å². The van der Waals surface area contributed by atoms with Crippen LogP contribution in [-0.4, -0.2) is 66.4 Å². The summed E-state index contributed by atoms with van der Waals surface area (Å²) in [5.74, 6) is 0.556. The van der Waals surface area contributed by atoms with E-state index in [1.54, 1.807) is 4.90 Å². The lowest BCUT2D eigenvalue weighted by Crippen LogP contribution is -2.42. The molecule has 2 aromatic carbocycles. The fraction of sp³-hybridized carbons (Fsp3) is 0.481. The van der Waals surface area contributed by atoms with Gasteiger partial charge in [-0.15, -0.1) is 0 Å². The molecule has 2 N–H and O–H groups in total. The van der Waals surface area contributed by atoms with Crippen LogP contribution < -0.4 is 10.5 Å². The Kier molecular flexibility index (Phi) is 7.90. The zero-order valence-electron chi connectivity index (χ0n) is 20.4. The molecular formula is C27H34FN3O4. The number of piperidine rings is 1. The summed E-state index contributed by atoms with van der Waals surface area (Å²) in [6, 6.07) is 14.7. The largest absolute Gasteiger partial charge is 0.490 e. The molecule has 0 spiro atoms. The third-order valence-electron chi connectivity index (χ3n) is 6.51. The van der Waals surface area contributed by atoms with Crippen LogP contribution in [0.3, 0.4) is 0 Å². The van der Waals surface area contributed by atoms with Gasteiger partial charge in [-0.25, -0.2) is 9.18 Å². The van der Waals surface area contributed by atoms with Crippen LogP contribution in [0, 0.1) is 0 Å². The van der Waals surface area contributed by atoms with Crippen molar-refractivity contribution < 1.29 is 23.5 Å². The van der Waals surface area contributed by atoms with Gasteiger partial charge in [0.05, 0.1) is 12.6 Å². The first-order valence-electron chi connectivity index (χ1n) is 12.3. The van der Waals surface area contributed by atoms with Gasteiger partial charge in [0.25, 0.3) is 0 Å². The number of halogens is 1. The lowest BCUT2D eigenvalue weighted by atomic mass is 10.0. The quantitative estimate of drug-likeness (QED) is 0.662. The van der Waals surface area contributed by atoms with E-state index in [0.717, 1.165) is 29.7 Å². The molecule has 35 heavy (non-hydrogen) atoms. The lowest BCUT2D eigenvalue weighted by molar-refractivity contribution is -0.131. The molecule has 188 valence electrons. The molecule has 2 aliphatic heterocycles. The van der Waals surface area contributed by atoms with Crippen LogP contribution in [0.15, 0.2) is 48.5 Å². The second kappa shape index (κ2) is 11.1. The monoisotopic (exact) mass is 483 g/mol. The SMILES string of the molecule is CC(C)OC(=O)N1CCC(Oc2ccc(-c3ccc(C(N)C(=O)N4CCC(F)C4)cc3)cc2)CC1. The molecule has 2 atom stereocenters. The highest BCUT2D eigenvalue weighted by molar-refractivity contribution is 5.83. The number of benzene rings is 2. The summed E-state index contributed by atoms with van der Waals surface area (Å²) < 4.78 is 24.8. The van der Waals surface area contributed by atoms with Crippen LogP contribution >= 0.6 is 0 Å². The van der Waals surface area contributed by atoms with Crippen molar-refractivity contribution in [2.45, 2.75) is 57.5 Å². The minimum absolute atomic E-state index is 0.0607. The van der Waals surface area contributed by atoms with Gasteiger partial charge in [0, 0.05) is 32.5 Å². The number of likely N-dealkylation sites (tertiary alicyclic amines) is 2. The molecule has 2 unspecified atom stereocenters. The molecule has 0 bridgehead atoms. The smallest absolute Gasteiger partial charge is 0.410 e. The molecule has 2 heterocycles. The van der Waals surface area contributed by atoms with E-state index in [9.17, 15) is 14.0 Å². The van der Waals surface area contributed by atoms with Crippen molar-refractivity contribution in [1.82, 2.24) is 9.80 Å². The predicted molar refractivity (Wildman–Crippen MR) is 132 cm³/mol. The van der Waals surface area contributed by atoms with Gasteiger partial charge in [-0.3, -0.25) is 4.79 Å². The van der Waals surface area contributed by atoms with Crippen molar-refractivity contribution in [3.05, 3.63) is 54.1 Å². The number of nitrogens with zero attached hydrogens (tertiary/aromatic N) is 2. The van der Waals surface area contributed by atoms with E-state index in [1.165, 1.54) is 4.90 Å². The van der Waals surface area contributed by atoms with Gasteiger partial charge in [-0.05, 0) is 49.1 Å². The Balaban J connectivity index is 1.29. The molecule has 0 aromatic heterocycles. The molecule has 2 saturated heterocycles. The third-order valence-corrected chi connectivity index (χ3v) is 6.51. The van der Waals surface area contributed by atoms with Gasteiger partial charge in [0.1, 0.15) is 24.1 Å². The number of ether oxygens (including phenoxy) is 2. The molecule has 2 fully saturated rings. The average Bonchev–Trinajstić information content (AvgIpc) is 3.30. The van der Waals surface area contributed by atoms with E-state index < -0.39 is 12.2 Å². The molecule has 0 aliphatic carbocycles. The van der Waals surface area contributed by atoms with Gasteiger partial charge < -0.3 is 25.0 Å². The molecule has 0 radical (unpaired) electrons. The molecule has 2 aliphatic rings. The molecule has 7 nitrogen and oxygen atoms in total. The standard InChI is InChI=1S/C27H34FN3O4/c1-18(2)34-27(33)30-15-12-24(13-16-30)35-23-9-7-20(8-10-23)19-3-5-21(6-4-19)25(29)26(32)31-14-11-22(28)17-31/h3-10,18,22,24-25H,11-17,29H2,1-2H3. The molecule has 8 heteroatoms. The summed E-state index contributed by atoms with van der Waals surface area (Å²) in [7, 11) is 0. The average molecular weight is 484 g/mol. The second-order valence-electron chi connectivity index (χ2n) is 9.53. The maximum absolute atomic E-state index is 13.4. The lowest BCUT2D eigenvalue weighted by Gasteiger charge is -2.32. The zero-order valence-corrected chi connectivity index (χ0v) is 20.4. The summed E-state index contributed by atoms with van der Waals surface area (Å²) in [5.41, 5.74) is 8.89. The highest BCUT2D eigenvalue weighted by Gasteiger charge is 2.30. The number of rotatable bonds is 6. The van der Waals surface area contributed by atoms with Crippen LogP contribution in [0.2, 0.25) is 0 Å². The van der Waals surface area contributed by atoms with Crippen LogP contribution in [0.1, 0.15) is 44.7 Å². The topological polar surface area (TPSA) is 85.1 Å². The van der Waals surface area contributed by atoms with Crippen molar-refractivity contribution in [3.63, 3.8) is 0 Å². The van der Waals surface area contributed by atoms with Crippen LogP contribution in [0.4, 0.5) is 9.18 Å². The highest BCUT2D eigenvalue weighted by Crippen LogP contribution is 2.27. The number of nitrogens with two attached hydrogens (primary N) is 1. The number of hydrogen-bond acceptors (Lipinski definition) is 5. The first-order chi connectivity index (χ1) is 16.8. The van der Waals surface area contributed by atoms with Crippen LogP contribution in [0.25, 0.3) is 11.1 Å². The Morgan fingerprint density at radius 3 is 2.03 bits per heavy atom. The molecule has 2 aromatic rings. The van der Waals surface area contributed by atoms with Gasteiger partial charge in [-0.1, -0.05) is 36.4 Å². The minimum atomic E-state index is -0.957. The second-order valence-corrected chi connectivity index (χ2v) is 9.53. The van der Waals surface area contributed by atoms with Crippen molar-refractivity contribution in [2.75, 3.05) is 26.2 Å². The normalized spacial score (nSPS) is 19.6. The van der Waals surface area contributed by atoms with Crippen molar-refractivity contribution >= 4 is 12.0 Å². The fourth-order valence-corrected chi connectivity index (χ4v) is 4.49. The van der Waals surface area contributed by atoms with E-state index in [4.69, 9.17) is 15.2 Å². The summed E-state index contributed by atoms with van der Waals surface area (Å²) in [4.78, 5) is 27.8. The number of alkyl halides is 1. The third kappa shape index (κ3) is 6.31. The molecule has 0 saturated carbocycles. The molecular weight excluding hydrogens is 449 g/mol. The summed E-state index contributed by atoms with van der Waals surface area (Å²) in [5, 5.41) is 0. The number of carbonyl (C=O) groups is 2. The van der Waals surface area contributed by atoms with E-state index in [1.807, 2.05) is 62.4 Å². The van der Waals surface area contributed by atoms with E-state index in [-0.39, 0.29) is 30.8 Å². The number of amides is 2. The van der Waals surface area contributed by atoms with Crippen LogP contribution in [0.5, 0.6) is 5.75 Å². The first-order valence-corrected chi connectivity index (χ1v) is 12.3. The predicted octanol–water partition coefficient (Wildman–Crippen LogP) is 4.31. The van der Waals surface area contributed by atoms with Gasteiger partial charge in [-0.2, -0.15) is 0 Å². The van der Waals surface area contributed by atoms with E-state index in [2.05, 4.69) is 0 Å². The Morgan fingerprint density at radius 1 is 0.914 bits per heavy atom. The summed E-state index contributed by atoms with van der Waals surface area (Å²) >= 11 is 0. The maximum atomic E-state index is 13.4. The fourth-order valence-electron chi connectivity index (χ4n) is 4.49. The van der Waals surface area contributed by atoms with E-state index >= 15 is 0 Å². The number of hydrogen-bond donors (Lipinski definition) is 1. The van der Waals surface area contributed by atoms with Gasteiger partial charge >= 0.3 is 6.09 Å². The Labute approximate surface area is 206 Å². The first kappa shape index (κ1) is 25.0. The molecule has 2 amide bonds. The Bertz CT molecular complexity index is 1000. The summed E-state index contributed by atoms with van der Waals surface area (Å²) in [6.07, 6.45) is 0.627. The Morgan fingerprint density at radius 2 is 1.49 bits per heavy atom. The zero-order chi connectivity index (χ0) is 24.9. The maximum Gasteiger partial charge on any atom is 0.410 e. The van der Waals surface area contributed by atoms with Crippen molar-refractivity contribution in [3.8, 4) is 16.9 Å². The Hall–Kier alpha value is -3.13. The minimum Gasteiger partial charge on any atom is -0.490 e. The summed E-state index contributed by atoms with van der Waals surface area (Å²) in [6.45, 7) is 5.49.